The summed E-state index contributed by atoms with van der Waals surface area (Å²) < 4.78 is 3.99. The molecule has 20 heavy (non-hydrogen) atoms. The quantitative estimate of drug-likeness (QED) is 0.802. The Morgan fingerprint density at radius 1 is 1.40 bits per heavy atom. The number of aromatic nitrogens is 4. The van der Waals surface area contributed by atoms with Gasteiger partial charge in [0.1, 0.15) is 5.82 Å². The maximum atomic E-state index is 12.2. The summed E-state index contributed by atoms with van der Waals surface area (Å²) in [7, 11) is 1.84. The normalized spacial score (nSPS) is 12.3. The lowest BCUT2D eigenvalue weighted by Crippen LogP contribution is -2.31. The van der Waals surface area contributed by atoms with Crippen LogP contribution in [0.4, 0.5) is 0 Å². The highest BCUT2D eigenvalue weighted by molar-refractivity contribution is 5.76. The van der Waals surface area contributed by atoms with Crippen molar-refractivity contribution in [3.63, 3.8) is 0 Å². The van der Waals surface area contributed by atoms with Crippen LogP contribution in [0.2, 0.25) is 0 Å². The highest BCUT2D eigenvalue weighted by Gasteiger charge is 2.15. The SMILES string of the molecule is Cc1nccn1[C@H](C)CC(=O)N(C)CCn1ccnc1. The molecule has 0 bridgehead atoms. The summed E-state index contributed by atoms with van der Waals surface area (Å²) >= 11 is 0. The minimum atomic E-state index is 0.126. The third-order valence-electron chi connectivity index (χ3n) is 3.49. The second kappa shape index (κ2) is 6.36. The number of rotatable bonds is 6. The average Bonchev–Trinajstić information content (AvgIpc) is 3.06. The fourth-order valence-corrected chi connectivity index (χ4v) is 2.17. The second-order valence-electron chi connectivity index (χ2n) is 5.05. The maximum Gasteiger partial charge on any atom is 0.224 e. The summed E-state index contributed by atoms with van der Waals surface area (Å²) in [5.41, 5.74) is 0. The molecule has 1 atom stereocenters. The van der Waals surface area contributed by atoms with Crippen LogP contribution in [-0.2, 0) is 11.3 Å². The van der Waals surface area contributed by atoms with E-state index >= 15 is 0 Å². The third kappa shape index (κ3) is 3.46. The molecule has 0 fully saturated rings. The largest absolute Gasteiger partial charge is 0.344 e. The number of nitrogens with zero attached hydrogens (tertiary/aromatic N) is 5. The molecule has 6 nitrogen and oxygen atoms in total. The molecule has 6 heteroatoms. The van der Waals surface area contributed by atoms with Crippen LogP contribution in [0.15, 0.2) is 31.1 Å². The number of hydrogen-bond donors (Lipinski definition) is 0. The molecule has 2 aromatic rings. The lowest BCUT2D eigenvalue weighted by Gasteiger charge is -2.21. The summed E-state index contributed by atoms with van der Waals surface area (Å²) in [5, 5.41) is 0. The van der Waals surface area contributed by atoms with Gasteiger partial charge in [-0.25, -0.2) is 9.97 Å². The number of imidazole rings is 2. The van der Waals surface area contributed by atoms with Gasteiger partial charge in [-0.15, -0.1) is 0 Å². The summed E-state index contributed by atoms with van der Waals surface area (Å²) in [6, 6.07) is 0.126. The first-order valence-electron chi connectivity index (χ1n) is 6.77. The Hall–Kier alpha value is -2.11. The van der Waals surface area contributed by atoms with E-state index < -0.39 is 0 Å². The minimum absolute atomic E-state index is 0.126. The Morgan fingerprint density at radius 3 is 2.80 bits per heavy atom. The molecule has 108 valence electrons. The highest BCUT2D eigenvalue weighted by Crippen LogP contribution is 2.13. The summed E-state index contributed by atoms with van der Waals surface area (Å²) in [4.78, 5) is 22.1. The predicted molar refractivity (Wildman–Crippen MR) is 76.2 cm³/mol. The van der Waals surface area contributed by atoms with E-state index in [1.54, 1.807) is 23.6 Å². The van der Waals surface area contributed by atoms with Crippen molar-refractivity contribution in [2.45, 2.75) is 32.9 Å². The molecular weight excluding hydrogens is 254 g/mol. The van der Waals surface area contributed by atoms with Crippen LogP contribution in [-0.4, -0.2) is 43.5 Å². The van der Waals surface area contributed by atoms with Gasteiger partial charge < -0.3 is 14.0 Å². The molecule has 2 aromatic heterocycles. The van der Waals surface area contributed by atoms with Crippen molar-refractivity contribution in [1.82, 2.24) is 24.0 Å². The van der Waals surface area contributed by atoms with E-state index in [1.807, 2.05) is 42.4 Å². The van der Waals surface area contributed by atoms with Crippen LogP contribution < -0.4 is 0 Å². The lowest BCUT2D eigenvalue weighted by molar-refractivity contribution is -0.130. The first-order valence-corrected chi connectivity index (χ1v) is 6.77. The van der Waals surface area contributed by atoms with Gasteiger partial charge in [0.2, 0.25) is 5.91 Å². The molecule has 0 saturated carbocycles. The first kappa shape index (κ1) is 14.3. The van der Waals surface area contributed by atoms with E-state index in [0.29, 0.717) is 13.0 Å². The van der Waals surface area contributed by atoms with Gasteiger partial charge in [-0.1, -0.05) is 0 Å². The monoisotopic (exact) mass is 275 g/mol. The van der Waals surface area contributed by atoms with Crippen LogP contribution in [0, 0.1) is 6.92 Å². The Labute approximate surface area is 119 Å². The first-order chi connectivity index (χ1) is 9.58. The van der Waals surface area contributed by atoms with Gasteiger partial charge in [0.15, 0.2) is 0 Å². The van der Waals surface area contributed by atoms with Crippen molar-refractivity contribution in [2.24, 2.45) is 0 Å². The van der Waals surface area contributed by atoms with Crippen molar-refractivity contribution >= 4 is 5.91 Å². The van der Waals surface area contributed by atoms with Gasteiger partial charge >= 0.3 is 0 Å². The van der Waals surface area contributed by atoms with Gasteiger partial charge in [-0.2, -0.15) is 0 Å². The van der Waals surface area contributed by atoms with Gasteiger partial charge in [0.25, 0.3) is 0 Å². The Bertz CT molecular complexity index is 546. The van der Waals surface area contributed by atoms with Gasteiger partial charge in [0.05, 0.1) is 6.33 Å². The van der Waals surface area contributed by atoms with E-state index in [0.717, 1.165) is 12.4 Å². The summed E-state index contributed by atoms with van der Waals surface area (Å²) in [5.74, 6) is 1.08. The fourth-order valence-electron chi connectivity index (χ4n) is 2.17. The molecule has 2 rings (SSSR count). The van der Waals surface area contributed by atoms with Crippen molar-refractivity contribution in [1.29, 1.82) is 0 Å². The van der Waals surface area contributed by atoms with E-state index in [-0.39, 0.29) is 11.9 Å². The molecule has 1 amide bonds. The smallest absolute Gasteiger partial charge is 0.224 e. The minimum Gasteiger partial charge on any atom is -0.344 e. The number of aryl methyl sites for hydroxylation is 1. The molecule has 0 saturated heterocycles. The molecule has 0 radical (unpaired) electrons. The third-order valence-corrected chi connectivity index (χ3v) is 3.49. The lowest BCUT2D eigenvalue weighted by atomic mass is 10.2. The number of carbonyl (C=O) groups is 1. The van der Waals surface area contributed by atoms with E-state index in [2.05, 4.69) is 9.97 Å². The molecule has 0 N–H and O–H groups in total. The van der Waals surface area contributed by atoms with Gasteiger partial charge in [-0.05, 0) is 13.8 Å². The molecule has 0 aliphatic heterocycles. The zero-order chi connectivity index (χ0) is 14.5. The van der Waals surface area contributed by atoms with Crippen LogP contribution >= 0.6 is 0 Å². The van der Waals surface area contributed by atoms with Crippen molar-refractivity contribution < 1.29 is 4.79 Å². The van der Waals surface area contributed by atoms with Crippen molar-refractivity contribution in [2.75, 3.05) is 13.6 Å². The Kier molecular flexibility index (Phi) is 4.55. The number of carbonyl (C=O) groups excluding carboxylic acids is 1. The Morgan fingerprint density at radius 2 is 2.20 bits per heavy atom. The molecular formula is C14H21N5O. The summed E-state index contributed by atoms with van der Waals surface area (Å²) in [6.07, 6.45) is 9.56. The topological polar surface area (TPSA) is 56.0 Å². The number of amides is 1. The van der Waals surface area contributed by atoms with Crippen LogP contribution in [0.5, 0.6) is 0 Å². The molecule has 0 aromatic carbocycles. The van der Waals surface area contributed by atoms with Gasteiger partial charge in [0, 0.05) is 57.4 Å². The van der Waals surface area contributed by atoms with E-state index in [9.17, 15) is 4.79 Å². The standard InChI is InChI=1S/C14H21N5O/c1-12(19-7-5-16-13(19)2)10-14(20)17(3)8-9-18-6-4-15-11-18/h4-7,11-12H,8-10H2,1-3H3/t12-/m1/s1. The molecule has 2 heterocycles. The number of hydrogen-bond acceptors (Lipinski definition) is 3. The Balaban J connectivity index is 1.83. The fraction of sp³-hybridized carbons (Fsp3) is 0.500. The molecule has 0 aliphatic rings. The second-order valence-corrected chi connectivity index (χ2v) is 5.05. The van der Waals surface area contributed by atoms with Crippen LogP contribution in [0.1, 0.15) is 25.2 Å². The van der Waals surface area contributed by atoms with Crippen LogP contribution in [0.3, 0.4) is 0 Å². The predicted octanol–water partition coefficient (Wildman–Crippen LogP) is 1.50. The molecule has 0 unspecified atom stereocenters. The highest BCUT2D eigenvalue weighted by atomic mass is 16.2. The van der Waals surface area contributed by atoms with E-state index in [1.165, 1.54) is 0 Å². The molecule has 0 spiro atoms. The average molecular weight is 275 g/mol. The maximum absolute atomic E-state index is 12.2. The van der Waals surface area contributed by atoms with Gasteiger partial charge in [-0.3, -0.25) is 4.79 Å². The van der Waals surface area contributed by atoms with Crippen LogP contribution in [0.25, 0.3) is 0 Å². The number of likely N-dealkylation sites (N-methyl/N-ethyl adjacent to an activating group) is 1. The zero-order valence-electron chi connectivity index (χ0n) is 12.2. The summed E-state index contributed by atoms with van der Waals surface area (Å²) in [6.45, 7) is 5.44. The van der Waals surface area contributed by atoms with E-state index in [4.69, 9.17) is 0 Å². The molecule has 0 aliphatic carbocycles. The van der Waals surface area contributed by atoms with Crippen molar-refractivity contribution in [3.05, 3.63) is 36.9 Å². The zero-order valence-corrected chi connectivity index (χ0v) is 12.2. The van der Waals surface area contributed by atoms with Crippen molar-refractivity contribution in [3.8, 4) is 0 Å².